The number of rotatable bonds is 6. The average molecular weight is 434 g/mol. The molecule has 1 amide bonds. The Morgan fingerprint density at radius 3 is 2.72 bits per heavy atom. The first kappa shape index (κ1) is 19.6. The third-order valence-corrected chi connectivity index (χ3v) is 6.43. The Bertz CT molecular complexity index is 1180. The van der Waals surface area contributed by atoms with Crippen molar-refractivity contribution in [3.8, 4) is 11.5 Å². The molecular weight excluding hydrogens is 416 g/mol. The molecule has 152 valence electrons. The maximum atomic E-state index is 13.0. The summed E-state index contributed by atoms with van der Waals surface area (Å²) in [5.41, 5.74) is 1.25. The Morgan fingerprint density at radius 2 is 1.93 bits per heavy atom. The van der Waals surface area contributed by atoms with Gasteiger partial charge in [-0.3, -0.25) is 4.79 Å². The number of hydrogen-bond donors (Lipinski definition) is 2. The molecule has 2 heterocycles. The number of hydrogen-bond acceptors (Lipinski definition) is 8. The molecule has 9 nitrogen and oxygen atoms in total. The Morgan fingerprint density at radius 1 is 1.14 bits per heavy atom. The molecule has 2 N–H and O–H groups in total. The van der Waals surface area contributed by atoms with E-state index in [4.69, 9.17) is 9.47 Å². The van der Waals surface area contributed by atoms with Gasteiger partial charge in [0, 0.05) is 11.8 Å². The van der Waals surface area contributed by atoms with E-state index in [9.17, 15) is 13.2 Å². The summed E-state index contributed by atoms with van der Waals surface area (Å²) in [5, 5.41) is 2.73. The van der Waals surface area contributed by atoms with Crippen LogP contribution in [0.25, 0.3) is 11.0 Å². The Labute approximate surface area is 171 Å². The molecule has 11 heteroatoms. The summed E-state index contributed by atoms with van der Waals surface area (Å²) in [6.07, 6.45) is 0. The molecule has 0 saturated heterocycles. The third kappa shape index (κ3) is 3.88. The second-order valence-corrected chi connectivity index (χ2v) is 9.00. The zero-order valence-corrected chi connectivity index (χ0v) is 17.2. The number of fused-ring (bicyclic) bond motifs is 2. The minimum absolute atomic E-state index is 0.00900. The van der Waals surface area contributed by atoms with E-state index in [-0.39, 0.29) is 23.1 Å². The zero-order chi connectivity index (χ0) is 20.6. The van der Waals surface area contributed by atoms with Crippen LogP contribution in [-0.4, -0.2) is 35.9 Å². The summed E-state index contributed by atoms with van der Waals surface area (Å²) in [6, 6.07) is 8.71. The highest BCUT2D eigenvalue weighted by atomic mass is 32.2. The van der Waals surface area contributed by atoms with Gasteiger partial charge in [0.15, 0.2) is 11.5 Å². The molecule has 3 aromatic rings. The first-order valence-corrected chi connectivity index (χ1v) is 11.0. The number of aromatic nitrogens is 2. The lowest BCUT2D eigenvalue weighted by molar-refractivity contribution is -0.118. The lowest BCUT2D eigenvalue weighted by Gasteiger charge is -2.21. The van der Waals surface area contributed by atoms with Crippen LogP contribution in [0.1, 0.15) is 13.8 Å². The fourth-order valence-corrected chi connectivity index (χ4v) is 5.03. The first-order chi connectivity index (χ1) is 13.8. The number of amides is 1. The second-order valence-electron chi connectivity index (χ2n) is 6.79. The summed E-state index contributed by atoms with van der Waals surface area (Å²) in [4.78, 5) is 12.8. The Balaban J connectivity index is 1.57. The highest BCUT2D eigenvalue weighted by Crippen LogP contribution is 2.34. The van der Waals surface area contributed by atoms with Crippen LogP contribution in [0.5, 0.6) is 11.5 Å². The normalized spacial score (nSPS) is 14.3. The molecular formula is C18H18N4O5S2. The number of benzene rings is 2. The molecule has 0 unspecified atom stereocenters. The van der Waals surface area contributed by atoms with Crippen LogP contribution in [0.2, 0.25) is 0 Å². The fourth-order valence-electron chi connectivity index (χ4n) is 2.92. The minimum Gasteiger partial charge on any atom is -0.454 e. The van der Waals surface area contributed by atoms with E-state index in [0.717, 1.165) is 11.7 Å². The van der Waals surface area contributed by atoms with Crippen molar-refractivity contribution in [2.75, 3.05) is 12.1 Å². The summed E-state index contributed by atoms with van der Waals surface area (Å²) in [5.74, 6) is 0.332. The molecule has 1 aliphatic heterocycles. The van der Waals surface area contributed by atoms with Gasteiger partial charge in [-0.15, -0.1) is 0 Å². The van der Waals surface area contributed by atoms with Crippen molar-refractivity contribution >= 4 is 44.4 Å². The first-order valence-electron chi connectivity index (χ1n) is 8.79. The van der Waals surface area contributed by atoms with Gasteiger partial charge in [-0.25, -0.2) is 8.42 Å². The van der Waals surface area contributed by atoms with Gasteiger partial charge in [0.1, 0.15) is 22.0 Å². The molecule has 0 bridgehead atoms. The number of nitrogens with zero attached hydrogens (tertiary/aromatic N) is 2. The van der Waals surface area contributed by atoms with Crippen LogP contribution in [0, 0.1) is 5.92 Å². The van der Waals surface area contributed by atoms with Crippen molar-refractivity contribution < 1.29 is 22.7 Å². The Hall–Kier alpha value is -2.76. The number of ether oxygens (including phenoxy) is 2. The van der Waals surface area contributed by atoms with Crippen LogP contribution in [0.3, 0.4) is 0 Å². The van der Waals surface area contributed by atoms with Gasteiger partial charge in [0.05, 0.1) is 11.7 Å². The van der Waals surface area contributed by atoms with Gasteiger partial charge in [-0.2, -0.15) is 13.5 Å². The summed E-state index contributed by atoms with van der Waals surface area (Å²) < 4.78 is 47.1. The van der Waals surface area contributed by atoms with Gasteiger partial charge >= 0.3 is 0 Å². The van der Waals surface area contributed by atoms with Crippen LogP contribution in [-0.2, 0) is 14.8 Å². The summed E-state index contributed by atoms with van der Waals surface area (Å²) in [7, 11) is -4.00. The predicted octanol–water partition coefficient (Wildman–Crippen LogP) is 2.36. The SMILES string of the molecule is CC(C)[C@@H](NS(=O)(=O)c1cccc2nsnc12)C(=O)Nc1ccc2c(c1)OCO2. The van der Waals surface area contributed by atoms with Crippen LogP contribution in [0.15, 0.2) is 41.3 Å². The Kier molecular flexibility index (Phi) is 5.11. The molecule has 0 radical (unpaired) electrons. The monoisotopic (exact) mass is 434 g/mol. The molecule has 1 atom stereocenters. The maximum Gasteiger partial charge on any atom is 0.243 e. The van der Waals surface area contributed by atoms with E-state index in [0.29, 0.717) is 22.7 Å². The molecule has 0 aliphatic carbocycles. The minimum atomic E-state index is -4.00. The topological polar surface area (TPSA) is 120 Å². The van der Waals surface area contributed by atoms with Crippen molar-refractivity contribution in [3.63, 3.8) is 0 Å². The molecule has 0 saturated carbocycles. The summed E-state index contributed by atoms with van der Waals surface area (Å²) >= 11 is 0.933. The lowest BCUT2D eigenvalue weighted by atomic mass is 10.0. The van der Waals surface area contributed by atoms with Crippen molar-refractivity contribution in [1.82, 2.24) is 13.5 Å². The van der Waals surface area contributed by atoms with E-state index < -0.39 is 22.0 Å². The second kappa shape index (κ2) is 7.58. The maximum absolute atomic E-state index is 13.0. The van der Waals surface area contributed by atoms with Crippen molar-refractivity contribution in [2.24, 2.45) is 5.92 Å². The molecule has 1 aromatic heterocycles. The molecule has 0 spiro atoms. The highest BCUT2D eigenvalue weighted by molar-refractivity contribution is 7.89. The van der Waals surface area contributed by atoms with Gasteiger partial charge < -0.3 is 14.8 Å². The number of sulfonamides is 1. The number of carbonyl (C=O) groups is 1. The molecule has 29 heavy (non-hydrogen) atoms. The zero-order valence-electron chi connectivity index (χ0n) is 15.6. The standard InChI is InChI=1S/C18H18N4O5S2/c1-10(2)16(18(23)19-11-6-7-13-14(8-11)27-9-26-13)22-29(24,25)15-5-3-4-12-17(15)21-28-20-12/h3-8,10,16,22H,9H2,1-2H3,(H,19,23)/t16-/m1/s1. The molecule has 4 rings (SSSR count). The van der Waals surface area contributed by atoms with Gasteiger partial charge in [-0.1, -0.05) is 19.9 Å². The van der Waals surface area contributed by atoms with E-state index in [1.807, 2.05) is 0 Å². The number of anilines is 1. The average Bonchev–Trinajstić information content (AvgIpc) is 3.34. The van der Waals surface area contributed by atoms with Crippen molar-refractivity contribution in [3.05, 3.63) is 36.4 Å². The van der Waals surface area contributed by atoms with Crippen molar-refractivity contribution in [1.29, 1.82) is 0 Å². The quantitative estimate of drug-likeness (QED) is 0.611. The summed E-state index contributed by atoms with van der Waals surface area (Å²) in [6.45, 7) is 3.65. The predicted molar refractivity (Wildman–Crippen MR) is 108 cm³/mol. The van der Waals surface area contributed by atoms with E-state index >= 15 is 0 Å². The van der Waals surface area contributed by atoms with Crippen LogP contribution in [0.4, 0.5) is 5.69 Å². The largest absolute Gasteiger partial charge is 0.454 e. The van der Waals surface area contributed by atoms with E-state index in [2.05, 4.69) is 18.8 Å². The van der Waals surface area contributed by atoms with Crippen molar-refractivity contribution in [2.45, 2.75) is 24.8 Å². The molecule has 2 aromatic carbocycles. The lowest BCUT2D eigenvalue weighted by Crippen LogP contribution is -2.47. The van der Waals surface area contributed by atoms with Crippen LogP contribution < -0.4 is 19.5 Å². The van der Waals surface area contributed by atoms with Crippen LogP contribution >= 0.6 is 11.7 Å². The number of carbonyl (C=O) groups excluding carboxylic acids is 1. The fraction of sp³-hybridized carbons (Fsp3) is 0.278. The number of nitrogens with one attached hydrogen (secondary N) is 2. The third-order valence-electron chi connectivity index (χ3n) is 4.41. The molecule has 1 aliphatic rings. The highest BCUT2D eigenvalue weighted by Gasteiger charge is 2.30. The van der Waals surface area contributed by atoms with E-state index in [1.54, 1.807) is 44.2 Å². The van der Waals surface area contributed by atoms with Gasteiger partial charge in [0.25, 0.3) is 0 Å². The molecule has 0 fully saturated rings. The van der Waals surface area contributed by atoms with E-state index in [1.165, 1.54) is 6.07 Å². The van der Waals surface area contributed by atoms with Gasteiger partial charge in [-0.05, 0) is 30.2 Å². The smallest absolute Gasteiger partial charge is 0.243 e. The van der Waals surface area contributed by atoms with Gasteiger partial charge in [0.2, 0.25) is 22.7 Å².